The van der Waals surface area contributed by atoms with Crippen LogP contribution in [0, 0.1) is 12.7 Å². The van der Waals surface area contributed by atoms with Gasteiger partial charge in [-0.25, -0.2) is 4.39 Å². The van der Waals surface area contributed by atoms with Crippen LogP contribution >= 0.6 is 11.8 Å². The lowest BCUT2D eigenvalue weighted by Crippen LogP contribution is -2.09. The zero-order valence-electron chi connectivity index (χ0n) is 17.2. The first-order valence-corrected chi connectivity index (χ1v) is 11.8. The van der Waals surface area contributed by atoms with Crippen molar-refractivity contribution in [2.24, 2.45) is 0 Å². The third-order valence-electron chi connectivity index (χ3n) is 4.15. The van der Waals surface area contributed by atoms with E-state index in [1.54, 1.807) is 23.9 Å². The maximum atomic E-state index is 12.8. The van der Waals surface area contributed by atoms with E-state index in [1.807, 2.05) is 19.1 Å². The molecule has 4 aromatic rings. The van der Waals surface area contributed by atoms with Gasteiger partial charge in [-0.15, -0.1) is 0 Å². The van der Waals surface area contributed by atoms with Gasteiger partial charge in [-0.05, 0) is 55.5 Å². The Morgan fingerprint density at radius 1 is 0.781 bits per heavy atom. The molecule has 0 aliphatic rings. The van der Waals surface area contributed by atoms with E-state index >= 15 is 0 Å². The largest absolute Gasteiger partial charge is 0.504 e. The van der Waals surface area contributed by atoms with E-state index in [4.69, 9.17) is 4.18 Å². The molecule has 0 fully saturated rings. The minimum absolute atomic E-state index is 0.0400. The summed E-state index contributed by atoms with van der Waals surface area (Å²) in [6, 6.07) is 29.7. The van der Waals surface area contributed by atoms with Crippen LogP contribution in [0.1, 0.15) is 5.56 Å². The Labute approximate surface area is 191 Å². The summed E-state index contributed by atoms with van der Waals surface area (Å²) in [5.74, 6) is -1.57. The molecule has 0 bridgehead atoms. The average molecular weight is 469 g/mol. The number of phenols is 1. The fourth-order valence-corrected chi connectivity index (χ4v) is 4.35. The molecule has 0 aliphatic heterocycles. The minimum Gasteiger partial charge on any atom is -0.504 e. The highest BCUT2D eigenvalue weighted by atomic mass is 32.2. The van der Waals surface area contributed by atoms with Crippen molar-refractivity contribution in [2.45, 2.75) is 21.6 Å². The van der Waals surface area contributed by atoms with Gasteiger partial charge in [0.25, 0.3) is 0 Å². The van der Waals surface area contributed by atoms with E-state index in [0.717, 1.165) is 23.8 Å². The Hall–Kier alpha value is -3.29. The third kappa shape index (κ3) is 6.87. The molecule has 0 atom stereocenters. The third-order valence-corrected chi connectivity index (χ3v) is 6.42. The monoisotopic (exact) mass is 468 g/mol. The first-order valence-electron chi connectivity index (χ1n) is 9.61. The average Bonchev–Trinajstić information content (AvgIpc) is 2.78. The minimum atomic E-state index is -4.05. The Morgan fingerprint density at radius 3 is 1.81 bits per heavy atom. The van der Waals surface area contributed by atoms with E-state index in [0.29, 0.717) is 0 Å². The van der Waals surface area contributed by atoms with Crippen molar-refractivity contribution in [1.82, 2.24) is 0 Å². The highest BCUT2D eigenvalue weighted by Crippen LogP contribution is 2.29. The fourth-order valence-electron chi connectivity index (χ4n) is 2.55. The summed E-state index contributed by atoms with van der Waals surface area (Å²) < 4.78 is 41.4. The van der Waals surface area contributed by atoms with Crippen LogP contribution in [0.4, 0.5) is 4.39 Å². The molecule has 0 amide bonds. The predicted molar refractivity (Wildman–Crippen MR) is 124 cm³/mol. The molecule has 0 aliphatic carbocycles. The van der Waals surface area contributed by atoms with Crippen LogP contribution < -0.4 is 4.18 Å². The molecule has 7 heteroatoms. The van der Waals surface area contributed by atoms with Gasteiger partial charge in [0.05, 0.1) is 0 Å². The first-order chi connectivity index (χ1) is 15.3. The molecule has 0 unspecified atom stereocenters. The Kier molecular flexibility index (Phi) is 7.92. The van der Waals surface area contributed by atoms with Gasteiger partial charge in [-0.1, -0.05) is 65.9 Å². The van der Waals surface area contributed by atoms with Crippen LogP contribution in [0.3, 0.4) is 0 Å². The predicted octanol–water partition coefficient (Wildman–Crippen LogP) is 6.45. The molecule has 4 aromatic carbocycles. The highest BCUT2D eigenvalue weighted by molar-refractivity contribution is 7.99. The second kappa shape index (κ2) is 10.8. The van der Waals surface area contributed by atoms with Gasteiger partial charge < -0.3 is 9.29 Å². The van der Waals surface area contributed by atoms with Crippen molar-refractivity contribution in [2.75, 3.05) is 0 Å². The van der Waals surface area contributed by atoms with Crippen LogP contribution in [0.25, 0.3) is 0 Å². The Bertz CT molecular complexity index is 1210. The van der Waals surface area contributed by atoms with Crippen LogP contribution in [0.15, 0.2) is 118 Å². The quantitative estimate of drug-likeness (QED) is 0.341. The molecular formula is C25H21FO4S2. The molecule has 1 N–H and O–H groups in total. The molecule has 0 saturated carbocycles. The number of benzene rings is 4. The number of aryl methyl sites for hydroxylation is 1. The summed E-state index contributed by atoms with van der Waals surface area (Å²) >= 11 is 1.79. The van der Waals surface area contributed by atoms with Gasteiger partial charge in [0.15, 0.2) is 11.5 Å². The zero-order chi connectivity index (χ0) is 23.0. The van der Waals surface area contributed by atoms with E-state index in [1.165, 1.54) is 21.9 Å². The van der Waals surface area contributed by atoms with E-state index < -0.39 is 21.7 Å². The smallest absolute Gasteiger partial charge is 0.339 e. The van der Waals surface area contributed by atoms with Crippen molar-refractivity contribution >= 4 is 21.9 Å². The molecule has 164 valence electrons. The second-order valence-electron chi connectivity index (χ2n) is 6.69. The van der Waals surface area contributed by atoms with E-state index in [9.17, 15) is 17.9 Å². The van der Waals surface area contributed by atoms with Crippen molar-refractivity contribution in [3.63, 3.8) is 0 Å². The molecule has 0 radical (unpaired) electrons. The molecule has 4 rings (SSSR count). The number of hydrogen-bond donors (Lipinski definition) is 1. The van der Waals surface area contributed by atoms with Crippen molar-refractivity contribution in [3.8, 4) is 11.5 Å². The normalized spacial score (nSPS) is 10.7. The van der Waals surface area contributed by atoms with Gasteiger partial charge in [-0.3, -0.25) is 0 Å². The topological polar surface area (TPSA) is 63.6 Å². The van der Waals surface area contributed by atoms with E-state index in [-0.39, 0.29) is 10.6 Å². The van der Waals surface area contributed by atoms with Crippen molar-refractivity contribution < 1.29 is 22.1 Å². The summed E-state index contributed by atoms with van der Waals surface area (Å²) in [6.45, 7) is 1.82. The van der Waals surface area contributed by atoms with Gasteiger partial charge in [0.2, 0.25) is 0 Å². The summed E-state index contributed by atoms with van der Waals surface area (Å²) in [4.78, 5) is 2.53. The summed E-state index contributed by atoms with van der Waals surface area (Å²) in [5.41, 5.74) is 0.906. The Morgan fingerprint density at radius 2 is 1.31 bits per heavy atom. The number of aromatic hydroxyl groups is 1. The molecular weight excluding hydrogens is 447 g/mol. The van der Waals surface area contributed by atoms with Crippen LogP contribution in [-0.4, -0.2) is 13.5 Å². The maximum Gasteiger partial charge on any atom is 0.339 e. The summed E-state index contributed by atoms with van der Waals surface area (Å²) in [6.07, 6.45) is 0. The van der Waals surface area contributed by atoms with Gasteiger partial charge in [-0.2, -0.15) is 8.42 Å². The van der Waals surface area contributed by atoms with Gasteiger partial charge in [0, 0.05) is 15.9 Å². The molecule has 0 aromatic heterocycles. The first kappa shape index (κ1) is 23.4. The SMILES string of the molecule is Cc1ccc(S(=O)(=O)Oc2ccc(F)cc2O)cc1.c1ccc(Sc2ccccc2)cc1. The maximum absolute atomic E-state index is 12.8. The lowest BCUT2D eigenvalue weighted by Gasteiger charge is -2.08. The summed E-state index contributed by atoms with van der Waals surface area (Å²) in [5, 5.41) is 9.42. The number of hydrogen-bond acceptors (Lipinski definition) is 5. The van der Waals surface area contributed by atoms with E-state index in [2.05, 4.69) is 48.5 Å². The molecule has 0 saturated heterocycles. The van der Waals surface area contributed by atoms with Gasteiger partial charge >= 0.3 is 10.1 Å². The zero-order valence-corrected chi connectivity index (χ0v) is 18.8. The standard InChI is InChI=1S/C13H11FO4S.C12H10S/c1-9-2-5-11(6-3-9)19(16,17)18-13-7-4-10(14)8-12(13)15;1-3-7-11(8-4-1)13-12-9-5-2-6-10-12/h2-8,15H,1H3;1-10H. The molecule has 0 heterocycles. The number of rotatable bonds is 5. The van der Waals surface area contributed by atoms with Gasteiger partial charge in [0.1, 0.15) is 10.7 Å². The summed E-state index contributed by atoms with van der Waals surface area (Å²) in [7, 11) is -4.05. The van der Waals surface area contributed by atoms with Crippen LogP contribution in [-0.2, 0) is 10.1 Å². The number of phenolic OH excluding ortho intramolecular Hbond substituents is 1. The molecule has 0 spiro atoms. The lowest BCUT2D eigenvalue weighted by atomic mass is 10.2. The lowest BCUT2D eigenvalue weighted by molar-refractivity contribution is 0.424. The second-order valence-corrected chi connectivity index (χ2v) is 9.38. The van der Waals surface area contributed by atoms with Crippen LogP contribution in [0.2, 0.25) is 0 Å². The number of halogens is 1. The Balaban J connectivity index is 0.000000193. The fraction of sp³-hybridized carbons (Fsp3) is 0.0400. The van der Waals surface area contributed by atoms with Crippen molar-refractivity contribution in [3.05, 3.63) is 115 Å². The van der Waals surface area contributed by atoms with Crippen LogP contribution in [0.5, 0.6) is 11.5 Å². The highest BCUT2D eigenvalue weighted by Gasteiger charge is 2.18. The van der Waals surface area contributed by atoms with Crippen molar-refractivity contribution in [1.29, 1.82) is 0 Å². The molecule has 4 nitrogen and oxygen atoms in total. The molecule has 32 heavy (non-hydrogen) atoms.